The molecule has 3 aromatic rings. The van der Waals surface area contributed by atoms with Crippen LogP contribution >= 0.6 is 11.6 Å². The predicted octanol–water partition coefficient (Wildman–Crippen LogP) is 3.32. The highest BCUT2D eigenvalue weighted by atomic mass is 35.5. The van der Waals surface area contributed by atoms with Crippen LogP contribution in [-0.4, -0.2) is 20.7 Å². The van der Waals surface area contributed by atoms with Crippen LogP contribution in [0.3, 0.4) is 0 Å². The zero-order valence-corrected chi connectivity index (χ0v) is 12.6. The fourth-order valence-electron chi connectivity index (χ4n) is 2.25. The molecule has 0 aliphatic heterocycles. The molecule has 2 heterocycles. The Balaban J connectivity index is 1.92. The van der Waals surface area contributed by atoms with Crippen molar-refractivity contribution >= 4 is 34.2 Å². The van der Waals surface area contributed by atoms with Crippen LogP contribution in [-0.2, 0) is 7.05 Å². The summed E-state index contributed by atoms with van der Waals surface area (Å²) in [6.07, 6.45) is 1.54. The van der Waals surface area contributed by atoms with Crippen LogP contribution in [0.4, 0.5) is 10.1 Å². The molecule has 2 aromatic heterocycles. The van der Waals surface area contributed by atoms with Gasteiger partial charge in [0.2, 0.25) is 0 Å². The SMILES string of the molecule is Cc1nn(C)c2ncc(NC(=O)c3ccc(F)cc3Cl)cc12. The van der Waals surface area contributed by atoms with E-state index in [4.69, 9.17) is 11.6 Å². The molecule has 0 unspecified atom stereocenters. The van der Waals surface area contributed by atoms with E-state index >= 15 is 0 Å². The van der Waals surface area contributed by atoms with Gasteiger partial charge >= 0.3 is 0 Å². The maximum absolute atomic E-state index is 13.0. The Kier molecular flexibility index (Phi) is 3.54. The van der Waals surface area contributed by atoms with Crippen molar-refractivity contribution < 1.29 is 9.18 Å². The molecule has 0 fully saturated rings. The lowest BCUT2D eigenvalue weighted by Crippen LogP contribution is -2.12. The lowest BCUT2D eigenvalue weighted by atomic mass is 10.2. The highest BCUT2D eigenvalue weighted by Gasteiger charge is 2.13. The van der Waals surface area contributed by atoms with E-state index in [1.54, 1.807) is 24.0 Å². The topological polar surface area (TPSA) is 59.8 Å². The molecule has 1 amide bonds. The summed E-state index contributed by atoms with van der Waals surface area (Å²) < 4.78 is 14.7. The van der Waals surface area contributed by atoms with Crippen LogP contribution in [0.1, 0.15) is 16.1 Å². The molecule has 22 heavy (non-hydrogen) atoms. The number of halogens is 2. The van der Waals surface area contributed by atoms with Crippen LogP contribution in [0.25, 0.3) is 11.0 Å². The van der Waals surface area contributed by atoms with E-state index in [-0.39, 0.29) is 10.6 Å². The summed E-state index contributed by atoms with van der Waals surface area (Å²) in [6, 6.07) is 5.42. The van der Waals surface area contributed by atoms with Crippen molar-refractivity contribution in [3.8, 4) is 0 Å². The number of fused-ring (bicyclic) bond motifs is 1. The molecule has 7 heteroatoms. The van der Waals surface area contributed by atoms with Crippen molar-refractivity contribution in [2.45, 2.75) is 6.92 Å². The Labute approximate surface area is 130 Å². The molecule has 0 spiro atoms. The number of pyridine rings is 1. The second-order valence-electron chi connectivity index (χ2n) is 4.88. The zero-order valence-electron chi connectivity index (χ0n) is 11.9. The molecule has 0 aliphatic rings. The number of anilines is 1. The molecule has 0 aliphatic carbocycles. The Morgan fingerprint density at radius 3 is 2.86 bits per heavy atom. The minimum absolute atomic E-state index is 0.0593. The van der Waals surface area contributed by atoms with Crippen LogP contribution < -0.4 is 5.32 Å². The van der Waals surface area contributed by atoms with Gasteiger partial charge in [-0.2, -0.15) is 5.10 Å². The van der Waals surface area contributed by atoms with Crippen LogP contribution in [0.5, 0.6) is 0 Å². The fraction of sp³-hybridized carbons (Fsp3) is 0.133. The Morgan fingerprint density at radius 1 is 1.36 bits per heavy atom. The van der Waals surface area contributed by atoms with Gasteiger partial charge in [0.05, 0.1) is 28.2 Å². The van der Waals surface area contributed by atoms with Gasteiger partial charge in [-0.25, -0.2) is 9.37 Å². The predicted molar refractivity (Wildman–Crippen MR) is 82.6 cm³/mol. The molecule has 0 bridgehead atoms. The van der Waals surface area contributed by atoms with E-state index < -0.39 is 11.7 Å². The first kappa shape index (κ1) is 14.5. The minimum Gasteiger partial charge on any atom is -0.321 e. The highest BCUT2D eigenvalue weighted by molar-refractivity contribution is 6.34. The van der Waals surface area contributed by atoms with E-state index in [2.05, 4.69) is 15.4 Å². The number of amides is 1. The molecule has 3 rings (SSSR count). The van der Waals surface area contributed by atoms with Gasteiger partial charge in [-0.15, -0.1) is 0 Å². The van der Waals surface area contributed by atoms with E-state index in [9.17, 15) is 9.18 Å². The van der Waals surface area contributed by atoms with Gasteiger partial charge in [0.25, 0.3) is 5.91 Å². The Bertz CT molecular complexity index is 891. The Hall–Kier alpha value is -2.47. The van der Waals surface area contributed by atoms with Crippen LogP contribution in [0, 0.1) is 12.7 Å². The molecule has 0 atom stereocenters. The summed E-state index contributed by atoms with van der Waals surface area (Å²) in [5.41, 5.74) is 2.27. The summed E-state index contributed by atoms with van der Waals surface area (Å²) in [5.74, 6) is -0.914. The van der Waals surface area contributed by atoms with Crippen molar-refractivity contribution in [3.05, 3.63) is 52.6 Å². The number of nitrogens with one attached hydrogen (secondary N) is 1. The first-order valence-electron chi connectivity index (χ1n) is 6.51. The van der Waals surface area contributed by atoms with Crippen LogP contribution in [0.15, 0.2) is 30.5 Å². The summed E-state index contributed by atoms with van der Waals surface area (Å²) in [5, 5.41) is 7.88. The van der Waals surface area contributed by atoms with E-state index in [1.807, 2.05) is 6.92 Å². The second kappa shape index (κ2) is 5.38. The van der Waals surface area contributed by atoms with Crippen molar-refractivity contribution in [2.24, 2.45) is 7.05 Å². The quantitative estimate of drug-likeness (QED) is 0.788. The third-order valence-electron chi connectivity index (χ3n) is 3.30. The number of nitrogens with zero attached hydrogens (tertiary/aromatic N) is 3. The van der Waals surface area contributed by atoms with Gasteiger partial charge in [0, 0.05) is 12.4 Å². The third-order valence-corrected chi connectivity index (χ3v) is 3.61. The first-order chi connectivity index (χ1) is 10.5. The summed E-state index contributed by atoms with van der Waals surface area (Å²) >= 11 is 5.88. The first-order valence-corrected chi connectivity index (χ1v) is 6.89. The van der Waals surface area contributed by atoms with Gasteiger partial charge in [-0.3, -0.25) is 9.48 Å². The molecule has 112 valence electrons. The standard InChI is InChI=1S/C15H12ClFN4O/c1-8-12-6-10(7-18-14(12)21(2)20-8)19-15(22)11-4-3-9(17)5-13(11)16/h3-7H,1-2H3,(H,19,22). The number of carbonyl (C=O) groups excluding carboxylic acids is 1. The summed E-state index contributed by atoms with van der Waals surface area (Å²) in [4.78, 5) is 16.5. The van der Waals surface area contributed by atoms with Crippen LogP contribution in [0.2, 0.25) is 5.02 Å². The average Bonchev–Trinajstić information content (AvgIpc) is 2.73. The van der Waals surface area contributed by atoms with E-state index in [0.29, 0.717) is 5.69 Å². The molecular formula is C15H12ClFN4O. The number of benzene rings is 1. The highest BCUT2D eigenvalue weighted by Crippen LogP contribution is 2.22. The van der Waals surface area contributed by atoms with Gasteiger partial charge in [0.15, 0.2) is 5.65 Å². The summed E-state index contributed by atoms with van der Waals surface area (Å²) in [7, 11) is 1.80. The van der Waals surface area contributed by atoms with Gasteiger partial charge < -0.3 is 5.32 Å². The fourth-order valence-corrected chi connectivity index (χ4v) is 2.50. The van der Waals surface area contributed by atoms with Gasteiger partial charge in [0.1, 0.15) is 5.82 Å². The number of rotatable bonds is 2. The maximum Gasteiger partial charge on any atom is 0.257 e. The monoisotopic (exact) mass is 318 g/mol. The molecule has 0 saturated heterocycles. The minimum atomic E-state index is -0.490. The smallest absolute Gasteiger partial charge is 0.257 e. The van der Waals surface area contributed by atoms with Crippen molar-refractivity contribution in [1.82, 2.24) is 14.8 Å². The third kappa shape index (κ3) is 2.53. The van der Waals surface area contributed by atoms with Crippen molar-refractivity contribution in [2.75, 3.05) is 5.32 Å². The average molecular weight is 319 g/mol. The molecular weight excluding hydrogens is 307 g/mol. The van der Waals surface area contributed by atoms with Crippen molar-refractivity contribution in [1.29, 1.82) is 0 Å². The van der Waals surface area contributed by atoms with E-state index in [1.165, 1.54) is 12.1 Å². The lowest BCUT2D eigenvalue weighted by Gasteiger charge is -2.07. The number of hydrogen-bond donors (Lipinski definition) is 1. The zero-order chi connectivity index (χ0) is 15.9. The molecule has 1 N–H and O–H groups in total. The second-order valence-corrected chi connectivity index (χ2v) is 5.29. The largest absolute Gasteiger partial charge is 0.321 e. The molecule has 0 saturated carbocycles. The molecule has 5 nitrogen and oxygen atoms in total. The number of aromatic nitrogens is 3. The molecule has 1 aromatic carbocycles. The number of aryl methyl sites for hydroxylation is 2. The van der Waals surface area contributed by atoms with E-state index in [0.717, 1.165) is 22.8 Å². The number of carbonyl (C=O) groups is 1. The summed E-state index contributed by atoms with van der Waals surface area (Å²) in [6.45, 7) is 1.87. The lowest BCUT2D eigenvalue weighted by molar-refractivity contribution is 0.102. The van der Waals surface area contributed by atoms with Gasteiger partial charge in [-0.1, -0.05) is 11.6 Å². The normalized spacial score (nSPS) is 10.9. The number of hydrogen-bond acceptors (Lipinski definition) is 3. The van der Waals surface area contributed by atoms with Crippen molar-refractivity contribution in [3.63, 3.8) is 0 Å². The maximum atomic E-state index is 13.0. The Morgan fingerprint density at radius 2 is 2.14 bits per heavy atom. The molecule has 0 radical (unpaired) electrons. The van der Waals surface area contributed by atoms with Gasteiger partial charge in [-0.05, 0) is 31.2 Å².